The second-order valence-electron chi connectivity index (χ2n) is 4.36. The lowest BCUT2D eigenvalue weighted by Gasteiger charge is -2.08. The Bertz CT molecular complexity index is 620. The molecule has 1 aromatic heterocycles. The Kier molecular flexibility index (Phi) is 3.46. The molecule has 3 N–H and O–H groups in total. The fraction of sp³-hybridized carbons (Fsp3) is 0.143. The summed E-state index contributed by atoms with van der Waals surface area (Å²) in [6.07, 6.45) is 0. The number of benzene rings is 1. The Morgan fingerprint density at radius 1 is 1.26 bits per heavy atom. The molecule has 0 saturated heterocycles. The fourth-order valence-corrected chi connectivity index (χ4v) is 1.81. The zero-order valence-electron chi connectivity index (χ0n) is 10.7. The molecule has 0 spiro atoms. The number of amides is 1. The van der Waals surface area contributed by atoms with Gasteiger partial charge in [0.2, 0.25) is 0 Å². The van der Waals surface area contributed by atoms with E-state index in [-0.39, 0.29) is 11.3 Å². The van der Waals surface area contributed by atoms with Crippen molar-refractivity contribution in [2.75, 3.05) is 11.1 Å². The van der Waals surface area contributed by atoms with Gasteiger partial charge in [0.05, 0.1) is 5.56 Å². The van der Waals surface area contributed by atoms with Crippen LogP contribution in [-0.4, -0.2) is 10.9 Å². The van der Waals surface area contributed by atoms with Crippen molar-refractivity contribution in [1.82, 2.24) is 4.98 Å². The van der Waals surface area contributed by atoms with E-state index in [0.29, 0.717) is 5.82 Å². The van der Waals surface area contributed by atoms with Crippen LogP contribution < -0.4 is 11.1 Å². The molecule has 0 radical (unpaired) electrons. The summed E-state index contributed by atoms with van der Waals surface area (Å²) in [6.45, 7) is 3.74. The number of nitrogens with zero attached hydrogens (tertiary/aromatic N) is 1. The van der Waals surface area contributed by atoms with Gasteiger partial charge in [-0.15, -0.1) is 0 Å². The van der Waals surface area contributed by atoms with E-state index >= 15 is 0 Å². The quantitative estimate of drug-likeness (QED) is 0.815. The van der Waals surface area contributed by atoms with Gasteiger partial charge in [0, 0.05) is 11.4 Å². The van der Waals surface area contributed by atoms with Gasteiger partial charge < -0.3 is 11.1 Å². The number of carbonyl (C=O) groups excluding carboxylic acids is 1. The van der Waals surface area contributed by atoms with Crippen LogP contribution in [0.2, 0.25) is 0 Å². The molecular weight excluding hydrogens is 245 g/mol. The molecule has 98 valence electrons. The summed E-state index contributed by atoms with van der Waals surface area (Å²) in [7, 11) is 0. The van der Waals surface area contributed by atoms with E-state index < -0.39 is 11.7 Å². The molecule has 2 rings (SSSR count). The van der Waals surface area contributed by atoms with Crippen LogP contribution in [0.15, 0.2) is 30.3 Å². The third-order valence-corrected chi connectivity index (χ3v) is 2.60. The number of aromatic nitrogens is 1. The molecular formula is C14H14FN3O. The molecule has 0 saturated carbocycles. The average Bonchev–Trinajstić information content (AvgIpc) is 2.30. The Labute approximate surface area is 110 Å². The third-order valence-electron chi connectivity index (χ3n) is 2.60. The van der Waals surface area contributed by atoms with E-state index in [1.54, 1.807) is 6.07 Å². The van der Waals surface area contributed by atoms with E-state index in [2.05, 4.69) is 10.3 Å². The van der Waals surface area contributed by atoms with Gasteiger partial charge in [-0.05, 0) is 49.7 Å². The van der Waals surface area contributed by atoms with Crippen molar-refractivity contribution in [2.45, 2.75) is 13.8 Å². The highest BCUT2D eigenvalue weighted by Crippen LogP contribution is 2.16. The zero-order chi connectivity index (χ0) is 14.0. The van der Waals surface area contributed by atoms with Gasteiger partial charge in [0.25, 0.3) is 5.91 Å². The molecule has 1 heterocycles. The molecule has 4 nitrogen and oxygen atoms in total. The molecule has 2 aromatic rings. The Morgan fingerprint density at radius 3 is 2.68 bits per heavy atom. The summed E-state index contributed by atoms with van der Waals surface area (Å²) in [5.41, 5.74) is 7.75. The summed E-state index contributed by atoms with van der Waals surface area (Å²) in [5, 5.41) is 2.61. The lowest BCUT2D eigenvalue weighted by Crippen LogP contribution is -2.15. The topological polar surface area (TPSA) is 68.0 Å². The molecule has 0 bridgehead atoms. The van der Waals surface area contributed by atoms with E-state index in [1.165, 1.54) is 12.1 Å². The second kappa shape index (κ2) is 5.06. The number of hydrogen-bond donors (Lipinski definition) is 2. The zero-order valence-corrected chi connectivity index (χ0v) is 10.7. The lowest BCUT2D eigenvalue weighted by molar-refractivity contribution is 0.102. The largest absolute Gasteiger partial charge is 0.398 e. The maximum absolute atomic E-state index is 13.1. The monoisotopic (exact) mass is 259 g/mol. The molecule has 0 fully saturated rings. The predicted octanol–water partition coefficient (Wildman–Crippen LogP) is 2.67. The first-order valence-electron chi connectivity index (χ1n) is 5.77. The van der Waals surface area contributed by atoms with Crippen molar-refractivity contribution in [2.24, 2.45) is 0 Å². The fourth-order valence-electron chi connectivity index (χ4n) is 1.81. The first-order chi connectivity index (χ1) is 8.95. The highest BCUT2D eigenvalue weighted by molar-refractivity contribution is 6.07. The van der Waals surface area contributed by atoms with Crippen molar-refractivity contribution in [3.05, 3.63) is 53.0 Å². The summed E-state index contributed by atoms with van der Waals surface area (Å²) >= 11 is 0. The molecule has 0 aliphatic rings. The molecule has 0 unspecified atom stereocenters. The van der Waals surface area contributed by atoms with Gasteiger partial charge in [-0.1, -0.05) is 0 Å². The van der Waals surface area contributed by atoms with Gasteiger partial charge in [-0.3, -0.25) is 4.79 Å². The van der Waals surface area contributed by atoms with Crippen molar-refractivity contribution >= 4 is 17.4 Å². The number of aryl methyl sites for hydroxylation is 2. The Morgan fingerprint density at radius 2 is 2.00 bits per heavy atom. The van der Waals surface area contributed by atoms with Crippen molar-refractivity contribution in [1.29, 1.82) is 0 Å². The number of nitrogens with two attached hydrogens (primary N) is 1. The van der Waals surface area contributed by atoms with E-state index in [4.69, 9.17) is 5.73 Å². The van der Waals surface area contributed by atoms with Crippen LogP contribution in [0.3, 0.4) is 0 Å². The van der Waals surface area contributed by atoms with Gasteiger partial charge in [0.15, 0.2) is 0 Å². The van der Waals surface area contributed by atoms with Crippen LogP contribution in [0.4, 0.5) is 15.9 Å². The predicted molar refractivity (Wildman–Crippen MR) is 72.5 cm³/mol. The van der Waals surface area contributed by atoms with Crippen LogP contribution >= 0.6 is 0 Å². The van der Waals surface area contributed by atoms with Crippen LogP contribution in [-0.2, 0) is 0 Å². The molecule has 0 aliphatic heterocycles. The summed E-state index contributed by atoms with van der Waals surface area (Å²) in [5.74, 6) is -0.562. The molecule has 1 amide bonds. The highest BCUT2D eigenvalue weighted by atomic mass is 19.1. The standard InChI is InChI=1S/C14H14FN3O/c1-8-5-9(2)17-13(6-8)18-14(19)11-7-10(15)3-4-12(11)16/h3-7H,16H2,1-2H3,(H,17,18,19). The van der Waals surface area contributed by atoms with Gasteiger partial charge >= 0.3 is 0 Å². The SMILES string of the molecule is Cc1cc(C)nc(NC(=O)c2cc(F)ccc2N)c1. The van der Waals surface area contributed by atoms with Crippen molar-refractivity contribution < 1.29 is 9.18 Å². The third kappa shape index (κ3) is 3.07. The van der Waals surface area contributed by atoms with Gasteiger partial charge in [-0.25, -0.2) is 9.37 Å². The maximum atomic E-state index is 13.1. The molecule has 0 aliphatic carbocycles. The molecule has 0 atom stereocenters. The maximum Gasteiger partial charge on any atom is 0.259 e. The van der Waals surface area contributed by atoms with Crippen LogP contribution in [0, 0.1) is 19.7 Å². The number of halogens is 1. The number of nitrogen functional groups attached to an aromatic ring is 1. The minimum atomic E-state index is -0.507. The molecule has 5 heteroatoms. The summed E-state index contributed by atoms with van der Waals surface area (Å²) in [6, 6.07) is 7.31. The van der Waals surface area contributed by atoms with Crippen LogP contribution in [0.5, 0.6) is 0 Å². The highest BCUT2D eigenvalue weighted by Gasteiger charge is 2.12. The van der Waals surface area contributed by atoms with E-state index in [0.717, 1.165) is 17.3 Å². The Balaban J connectivity index is 2.28. The number of nitrogens with one attached hydrogen (secondary N) is 1. The Hall–Kier alpha value is -2.43. The number of pyridine rings is 1. The number of carbonyl (C=O) groups is 1. The molecule has 19 heavy (non-hydrogen) atoms. The number of hydrogen-bond acceptors (Lipinski definition) is 3. The van der Waals surface area contributed by atoms with Crippen LogP contribution in [0.1, 0.15) is 21.6 Å². The van der Waals surface area contributed by atoms with Crippen molar-refractivity contribution in [3.63, 3.8) is 0 Å². The van der Waals surface area contributed by atoms with Crippen molar-refractivity contribution in [3.8, 4) is 0 Å². The molecule has 1 aromatic carbocycles. The van der Waals surface area contributed by atoms with Crippen LogP contribution in [0.25, 0.3) is 0 Å². The minimum Gasteiger partial charge on any atom is -0.398 e. The first kappa shape index (κ1) is 13.0. The minimum absolute atomic E-state index is 0.0981. The smallest absolute Gasteiger partial charge is 0.259 e. The number of anilines is 2. The normalized spacial score (nSPS) is 10.3. The van der Waals surface area contributed by atoms with E-state index in [9.17, 15) is 9.18 Å². The van der Waals surface area contributed by atoms with Gasteiger partial charge in [-0.2, -0.15) is 0 Å². The summed E-state index contributed by atoms with van der Waals surface area (Å²) in [4.78, 5) is 16.2. The van der Waals surface area contributed by atoms with Gasteiger partial charge in [0.1, 0.15) is 11.6 Å². The average molecular weight is 259 g/mol. The van der Waals surface area contributed by atoms with E-state index in [1.807, 2.05) is 19.9 Å². The second-order valence-corrected chi connectivity index (χ2v) is 4.36. The lowest BCUT2D eigenvalue weighted by atomic mass is 10.1. The first-order valence-corrected chi connectivity index (χ1v) is 5.77. The number of rotatable bonds is 2. The summed E-state index contributed by atoms with van der Waals surface area (Å²) < 4.78 is 13.1.